The first-order valence-electron chi connectivity index (χ1n) is 7.03. The third kappa shape index (κ3) is 2.03. The largest absolute Gasteiger partial charge is 0.0601 e. The first kappa shape index (κ1) is 11.3. The van der Waals surface area contributed by atoms with Crippen molar-refractivity contribution in [2.75, 3.05) is 0 Å². The second-order valence-electron chi connectivity index (χ2n) is 6.93. The van der Waals surface area contributed by atoms with Crippen LogP contribution in [0.2, 0.25) is 0 Å². The predicted molar refractivity (Wildman–Crippen MR) is 73.2 cm³/mol. The third-order valence-corrected chi connectivity index (χ3v) is 4.16. The Bertz CT molecular complexity index is 434. The molecule has 0 saturated carbocycles. The van der Waals surface area contributed by atoms with Crippen LogP contribution in [0.1, 0.15) is 62.3 Å². The number of benzene rings is 1. The van der Waals surface area contributed by atoms with E-state index in [0.717, 1.165) is 0 Å². The van der Waals surface area contributed by atoms with Gasteiger partial charge >= 0.3 is 0 Å². The number of hydrogen-bond donors (Lipinski definition) is 0. The minimum atomic E-state index is 0.429. The highest BCUT2D eigenvalue weighted by Crippen LogP contribution is 2.44. The smallest absolute Gasteiger partial charge is 0.00640 e. The summed E-state index contributed by atoms with van der Waals surface area (Å²) in [4.78, 5) is 0. The lowest BCUT2D eigenvalue weighted by atomic mass is 9.80. The summed E-state index contributed by atoms with van der Waals surface area (Å²) in [6, 6.07) is 4.79. The summed E-state index contributed by atoms with van der Waals surface area (Å²) < 4.78 is 0. The molecule has 0 aromatic heterocycles. The fourth-order valence-corrected chi connectivity index (χ4v) is 3.59. The zero-order valence-corrected chi connectivity index (χ0v) is 11.4. The first-order chi connectivity index (χ1) is 8.04. The van der Waals surface area contributed by atoms with E-state index in [1.54, 1.807) is 28.2 Å². The quantitative estimate of drug-likeness (QED) is 0.663. The average Bonchev–Trinajstić information content (AvgIpc) is 2.80. The van der Waals surface area contributed by atoms with Gasteiger partial charge in [0.1, 0.15) is 0 Å². The number of aryl methyl sites for hydroxylation is 2. The van der Waals surface area contributed by atoms with E-state index in [9.17, 15) is 0 Å². The Morgan fingerprint density at radius 2 is 1.71 bits per heavy atom. The molecule has 0 nitrogen and oxygen atoms in total. The van der Waals surface area contributed by atoms with Gasteiger partial charge in [-0.1, -0.05) is 32.9 Å². The third-order valence-electron chi connectivity index (χ3n) is 4.16. The SMILES string of the molecule is CC(C)(C)C[C]1CCc2ccc3c(c21)CCC3. The van der Waals surface area contributed by atoms with E-state index in [4.69, 9.17) is 0 Å². The van der Waals surface area contributed by atoms with Gasteiger partial charge in [-0.2, -0.15) is 0 Å². The number of fused-ring (bicyclic) bond motifs is 3. The summed E-state index contributed by atoms with van der Waals surface area (Å²) in [5.41, 5.74) is 7.09. The normalized spacial score (nSPS) is 19.5. The standard InChI is InChI=1S/C17H23/c1-17(2,3)11-14-10-9-13-8-7-12-5-4-6-15(12)16(13)14/h7-8H,4-6,9-11H2,1-3H3. The van der Waals surface area contributed by atoms with Crippen molar-refractivity contribution >= 4 is 0 Å². The van der Waals surface area contributed by atoms with Crippen LogP contribution in [-0.2, 0) is 19.3 Å². The van der Waals surface area contributed by atoms with E-state index in [1.807, 2.05) is 0 Å². The van der Waals surface area contributed by atoms with Crippen LogP contribution in [0.5, 0.6) is 0 Å². The Morgan fingerprint density at radius 3 is 2.47 bits per heavy atom. The molecule has 0 N–H and O–H groups in total. The summed E-state index contributed by atoms with van der Waals surface area (Å²) in [5.74, 6) is 1.74. The summed E-state index contributed by atoms with van der Waals surface area (Å²) >= 11 is 0. The second kappa shape index (κ2) is 3.86. The molecule has 0 spiro atoms. The minimum absolute atomic E-state index is 0.429. The molecule has 0 amide bonds. The molecular formula is C17H23. The molecular weight excluding hydrogens is 204 g/mol. The van der Waals surface area contributed by atoms with Crippen molar-refractivity contribution in [2.45, 2.75) is 59.3 Å². The number of rotatable bonds is 1. The maximum absolute atomic E-state index is 2.40. The maximum Gasteiger partial charge on any atom is 0.00640 e. The molecule has 0 heteroatoms. The molecule has 2 aliphatic rings. The van der Waals surface area contributed by atoms with Crippen LogP contribution in [0, 0.1) is 11.3 Å². The van der Waals surface area contributed by atoms with Crippen LogP contribution < -0.4 is 0 Å². The molecule has 0 saturated heterocycles. The zero-order chi connectivity index (χ0) is 12.0. The van der Waals surface area contributed by atoms with Crippen molar-refractivity contribution in [3.63, 3.8) is 0 Å². The van der Waals surface area contributed by atoms with Gasteiger partial charge in [0.2, 0.25) is 0 Å². The first-order valence-corrected chi connectivity index (χ1v) is 7.03. The molecule has 17 heavy (non-hydrogen) atoms. The van der Waals surface area contributed by atoms with Gasteiger partial charge < -0.3 is 0 Å². The van der Waals surface area contributed by atoms with Gasteiger partial charge in [0.15, 0.2) is 0 Å². The van der Waals surface area contributed by atoms with Crippen molar-refractivity contribution in [3.05, 3.63) is 40.3 Å². The summed E-state index contributed by atoms with van der Waals surface area (Å²) in [6.07, 6.45) is 7.87. The molecule has 0 fully saturated rings. The minimum Gasteiger partial charge on any atom is -0.0601 e. The number of hydrogen-bond acceptors (Lipinski definition) is 0. The molecule has 0 heterocycles. The molecule has 1 radical (unpaired) electrons. The van der Waals surface area contributed by atoms with E-state index < -0.39 is 0 Å². The lowest BCUT2D eigenvalue weighted by molar-refractivity contribution is 0.388. The van der Waals surface area contributed by atoms with E-state index in [-0.39, 0.29) is 0 Å². The highest BCUT2D eigenvalue weighted by atomic mass is 14.4. The Hall–Kier alpha value is -0.780. The second-order valence-corrected chi connectivity index (χ2v) is 6.93. The van der Waals surface area contributed by atoms with E-state index in [1.165, 1.54) is 38.5 Å². The maximum atomic E-state index is 2.40. The summed E-state index contributed by atoms with van der Waals surface area (Å²) in [5, 5.41) is 0. The molecule has 1 aromatic carbocycles. The topological polar surface area (TPSA) is 0 Å². The fourth-order valence-electron chi connectivity index (χ4n) is 3.59. The van der Waals surface area contributed by atoms with E-state index in [2.05, 4.69) is 32.9 Å². The molecule has 1 aromatic rings. The molecule has 2 aliphatic carbocycles. The Balaban J connectivity index is 1.98. The van der Waals surface area contributed by atoms with Crippen molar-refractivity contribution in [1.82, 2.24) is 0 Å². The lowest BCUT2D eigenvalue weighted by Gasteiger charge is -2.24. The van der Waals surface area contributed by atoms with Crippen LogP contribution >= 0.6 is 0 Å². The molecule has 0 unspecified atom stereocenters. The van der Waals surface area contributed by atoms with Gasteiger partial charge in [-0.05, 0) is 66.2 Å². The van der Waals surface area contributed by atoms with E-state index >= 15 is 0 Å². The van der Waals surface area contributed by atoms with Crippen LogP contribution in [-0.4, -0.2) is 0 Å². The van der Waals surface area contributed by atoms with Crippen molar-refractivity contribution in [2.24, 2.45) is 5.41 Å². The van der Waals surface area contributed by atoms with Gasteiger partial charge in [-0.25, -0.2) is 0 Å². The highest BCUT2D eigenvalue weighted by molar-refractivity contribution is 5.54. The fraction of sp³-hybridized carbons (Fsp3) is 0.588. The van der Waals surface area contributed by atoms with Crippen LogP contribution in [0.3, 0.4) is 0 Å². The van der Waals surface area contributed by atoms with Gasteiger partial charge in [0.25, 0.3) is 0 Å². The Kier molecular flexibility index (Phi) is 2.57. The predicted octanol–water partition coefficient (Wildman–Crippen LogP) is 4.48. The Morgan fingerprint density at radius 1 is 0.941 bits per heavy atom. The molecule has 0 bridgehead atoms. The summed E-state index contributed by atoms with van der Waals surface area (Å²) in [7, 11) is 0. The van der Waals surface area contributed by atoms with Crippen molar-refractivity contribution in [3.8, 4) is 0 Å². The molecule has 0 atom stereocenters. The molecule has 3 rings (SSSR count). The van der Waals surface area contributed by atoms with Gasteiger partial charge in [0.05, 0.1) is 0 Å². The summed E-state index contributed by atoms with van der Waals surface area (Å²) in [6.45, 7) is 7.09. The lowest BCUT2D eigenvalue weighted by Crippen LogP contribution is -2.12. The van der Waals surface area contributed by atoms with Gasteiger partial charge in [-0.3, -0.25) is 0 Å². The van der Waals surface area contributed by atoms with Gasteiger partial charge in [-0.15, -0.1) is 0 Å². The van der Waals surface area contributed by atoms with Crippen molar-refractivity contribution < 1.29 is 0 Å². The monoisotopic (exact) mass is 227 g/mol. The molecule has 0 aliphatic heterocycles. The van der Waals surface area contributed by atoms with E-state index in [0.29, 0.717) is 5.41 Å². The van der Waals surface area contributed by atoms with Crippen molar-refractivity contribution in [1.29, 1.82) is 0 Å². The highest BCUT2D eigenvalue weighted by Gasteiger charge is 2.31. The van der Waals surface area contributed by atoms with Gasteiger partial charge in [0, 0.05) is 5.92 Å². The Labute approximate surface area is 105 Å². The zero-order valence-electron chi connectivity index (χ0n) is 11.4. The van der Waals surface area contributed by atoms with Crippen LogP contribution in [0.15, 0.2) is 12.1 Å². The molecule has 91 valence electrons. The van der Waals surface area contributed by atoms with Crippen LogP contribution in [0.25, 0.3) is 0 Å². The van der Waals surface area contributed by atoms with Crippen LogP contribution in [0.4, 0.5) is 0 Å². The average molecular weight is 227 g/mol.